The van der Waals surface area contributed by atoms with Gasteiger partial charge in [-0.2, -0.15) is 0 Å². The monoisotopic (exact) mass is 290 g/mol. The van der Waals surface area contributed by atoms with Gasteiger partial charge in [0.2, 0.25) is 0 Å². The molecule has 0 atom stereocenters. The number of carbonyl (C=O) groups excluding carboxylic acids is 1. The second kappa shape index (κ2) is 7.28. The third-order valence-corrected chi connectivity index (χ3v) is 2.90. The number of carboxylic acid groups (broad SMARTS) is 1. The average Bonchev–Trinajstić information content (AvgIpc) is 2.41. The summed E-state index contributed by atoms with van der Waals surface area (Å²) in [6.07, 6.45) is 3.20. The largest absolute Gasteiger partial charge is 0.504 e. The molecule has 0 unspecified atom stereocenters. The van der Waals surface area contributed by atoms with Crippen molar-refractivity contribution >= 4 is 17.8 Å². The Hall–Kier alpha value is -2.56. The molecule has 1 aromatic rings. The highest BCUT2D eigenvalue weighted by molar-refractivity contribution is 6.01. The van der Waals surface area contributed by atoms with E-state index in [4.69, 9.17) is 9.84 Å². The summed E-state index contributed by atoms with van der Waals surface area (Å²) in [5.74, 6) is -1.11. The lowest BCUT2D eigenvalue weighted by atomic mass is 10.0. The fraction of sp³-hybridized carbons (Fsp3) is 0.250. The molecule has 5 nitrogen and oxygen atoms in total. The zero-order valence-electron chi connectivity index (χ0n) is 12.0. The Kier molecular flexibility index (Phi) is 5.72. The lowest BCUT2D eigenvalue weighted by Crippen LogP contribution is -2.04. The molecule has 0 aliphatic rings. The quantitative estimate of drug-likeness (QED) is 0.595. The van der Waals surface area contributed by atoms with Gasteiger partial charge in [-0.15, -0.1) is 6.58 Å². The van der Waals surface area contributed by atoms with Crippen molar-refractivity contribution in [2.45, 2.75) is 19.8 Å². The standard InChI is InChI=1S/C16H18O5/c1-4-5-12-6-11(8-14(21-3)16(12)20)7-13(10(2)17)9-15(18)19/h4,6-8,20H,1,5,9H2,2-3H3,(H,18,19)/b13-7-. The van der Waals surface area contributed by atoms with E-state index in [9.17, 15) is 14.7 Å². The van der Waals surface area contributed by atoms with Gasteiger partial charge in [0.1, 0.15) is 0 Å². The van der Waals surface area contributed by atoms with Crippen LogP contribution in [0.25, 0.3) is 6.08 Å². The number of rotatable bonds is 7. The number of hydrogen-bond donors (Lipinski definition) is 2. The first-order valence-corrected chi connectivity index (χ1v) is 6.33. The van der Waals surface area contributed by atoms with Gasteiger partial charge in [-0.25, -0.2) is 0 Å². The van der Waals surface area contributed by atoms with E-state index in [-0.39, 0.29) is 29.3 Å². The normalized spacial score (nSPS) is 11.0. The van der Waals surface area contributed by atoms with E-state index in [1.54, 1.807) is 18.2 Å². The number of benzene rings is 1. The number of carbonyl (C=O) groups is 2. The molecule has 1 aromatic carbocycles. The highest BCUT2D eigenvalue weighted by atomic mass is 16.5. The Labute approximate surface area is 123 Å². The van der Waals surface area contributed by atoms with Gasteiger partial charge in [-0.1, -0.05) is 6.08 Å². The Morgan fingerprint density at radius 2 is 2.05 bits per heavy atom. The molecule has 5 heteroatoms. The number of ketones is 1. The van der Waals surface area contributed by atoms with E-state index >= 15 is 0 Å². The fourth-order valence-corrected chi connectivity index (χ4v) is 1.88. The Morgan fingerprint density at radius 3 is 2.52 bits per heavy atom. The van der Waals surface area contributed by atoms with E-state index < -0.39 is 5.97 Å². The Balaban J connectivity index is 3.33. The Morgan fingerprint density at radius 1 is 1.38 bits per heavy atom. The number of methoxy groups -OCH3 is 1. The molecule has 2 N–H and O–H groups in total. The van der Waals surface area contributed by atoms with Crippen molar-refractivity contribution in [1.82, 2.24) is 0 Å². The van der Waals surface area contributed by atoms with Gasteiger partial charge in [-0.05, 0) is 37.1 Å². The topological polar surface area (TPSA) is 83.8 Å². The molecule has 0 fully saturated rings. The zero-order valence-corrected chi connectivity index (χ0v) is 12.0. The number of aromatic hydroxyl groups is 1. The van der Waals surface area contributed by atoms with Crippen molar-refractivity contribution in [2.75, 3.05) is 7.11 Å². The van der Waals surface area contributed by atoms with Crippen molar-refractivity contribution in [3.8, 4) is 11.5 Å². The summed E-state index contributed by atoms with van der Waals surface area (Å²) < 4.78 is 5.08. The van der Waals surface area contributed by atoms with Crippen molar-refractivity contribution in [3.05, 3.63) is 41.5 Å². The van der Waals surface area contributed by atoms with Crippen LogP contribution in [0.2, 0.25) is 0 Å². The highest BCUT2D eigenvalue weighted by Gasteiger charge is 2.12. The second-order valence-electron chi connectivity index (χ2n) is 4.52. The molecular formula is C16H18O5. The molecule has 0 saturated heterocycles. The molecule has 0 heterocycles. The van der Waals surface area contributed by atoms with Crippen molar-refractivity contribution in [2.24, 2.45) is 0 Å². The van der Waals surface area contributed by atoms with Gasteiger partial charge in [0.15, 0.2) is 17.3 Å². The van der Waals surface area contributed by atoms with E-state index in [1.165, 1.54) is 20.1 Å². The van der Waals surface area contributed by atoms with Crippen LogP contribution in [0, 0.1) is 0 Å². The average molecular weight is 290 g/mol. The molecule has 0 aliphatic heterocycles. The van der Waals surface area contributed by atoms with Gasteiger partial charge in [-0.3, -0.25) is 9.59 Å². The molecule has 0 aromatic heterocycles. The first-order chi connectivity index (χ1) is 9.88. The summed E-state index contributed by atoms with van der Waals surface area (Å²) in [7, 11) is 1.42. The smallest absolute Gasteiger partial charge is 0.307 e. The van der Waals surface area contributed by atoms with Crippen LogP contribution < -0.4 is 4.74 Å². The van der Waals surface area contributed by atoms with Crippen LogP contribution in [0.3, 0.4) is 0 Å². The first-order valence-electron chi connectivity index (χ1n) is 6.33. The number of hydrogen-bond acceptors (Lipinski definition) is 4. The van der Waals surface area contributed by atoms with Crippen molar-refractivity contribution in [1.29, 1.82) is 0 Å². The predicted octanol–water partition coefficient (Wildman–Crippen LogP) is 2.58. The molecule has 1 rings (SSSR count). The summed E-state index contributed by atoms with van der Waals surface area (Å²) >= 11 is 0. The SMILES string of the molecule is C=CCc1cc(/C=C(/CC(=O)O)C(C)=O)cc(OC)c1O. The summed E-state index contributed by atoms with van der Waals surface area (Å²) in [6.45, 7) is 4.93. The maximum Gasteiger partial charge on any atom is 0.307 e. The predicted molar refractivity (Wildman–Crippen MR) is 79.5 cm³/mol. The van der Waals surface area contributed by atoms with Gasteiger partial charge < -0.3 is 14.9 Å². The molecular weight excluding hydrogens is 272 g/mol. The minimum Gasteiger partial charge on any atom is -0.504 e. The van der Waals surface area contributed by atoms with E-state index in [0.29, 0.717) is 17.5 Å². The van der Waals surface area contributed by atoms with Crippen LogP contribution in [0.15, 0.2) is 30.4 Å². The van der Waals surface area contributed by atoms with Gasteiger partial charge in [0, 0.05) is 11.1 Å². The second-order valence-corrected chi connectivity index (χ2v) is 4.52. The minimum atomic E-state index is -1.08. The minimum absolute atomic E-state index is 0.0113. The molecule has 21 heavy (non-hydrogen) atoms. The number of carboxylic acids is 1. The summed E-state index contributed by atoms with van der Waals surface area (Å²) in [4.78, 5) is 22.3. The molecule has 112 valence electrons. The fourth-order valence-electron chi connectivity index (χ4n) is 1.88. The molecule has 0 aliphatic carbocycles. The third-order valence-electron chi connectivity index (χ3n) is 2.90. The molecule has 0 bridgehead atoms. The molecule has 0 saturated carbocycles. The van der Waals surface area contributed by atoms with Crippen molar-refractivity contribution < 1.29 is 24.5 Å². The number of Topliss-reactive ketones (excluding diaryl/α,β-unsaturated/α-hetero) is 1. The number of ether oxygens (including phenoxy) is 1. The van der Waals surface area contributed by atoms with Crippen LogP contribution in [0.1, 0.15) is 24.5 Å². The third kappa shape index (κ3) is 4.49. The number of phenolic OH excluding ortho intramolecular Hbond substituents is 1. The first kappa shape index (κ1) is 16.5. The van der Waals surface area contributed by atoms with E-state index in [0.717, 1.165) is 0 Å². The summed E-state index contributed by atoms with van der Waals surface area (Å²) in [5.41, 5.74) is 1.36. The van der Waals surface area contributed by atoms with Crippen LogP contribution in [0.5, 0.6) is 11.5 Å². The van der Waals surface area contributed by atoms with E-state index in [1.807, 2.05) is 0 Å². The van der Waals surface area contributed by atoms with Gasteiger partial charge >= 0.3 is 5.97 Å². The zero-order chi connectivity index (χ0) is 16.0. The molecule has 0 radical (unpaired) electrons. The number of allylic oxidation sites excluding steroid dienone is 1. The van der Waals surface area contributed by atoms with Gasteiger partial charge in [0.25, 0.3) is 0 Å². The molecule has 0 amide bonds. The lowest BCUT2D eigenvalue weighted by Gasteiger charge is -2.10. The van der Waals surface area contributed by atoms with Crippen LogP contribution in [0.4, 0.5) is 0 Å². The summed E-state index contributed by atoms with van der Waals surface area (Å²) in [6, 6.07) is 3.22. The highest BCUT2D eigenvalue weighted by Crippen LogP contribution is 2.33. The number of phenols is 1. The van der Waals surface area contributed by atoms with Crippen LogP contribution in [-0.4, -0.2) is 29.1 Å². The maximum atomic E-state index is 11.5. The van der Waals surface area contributed by atoms with Crippen LogP contribution >= 0.6 is 0 Å². The van der Waals surface area contributed by atoms with E-state index in [2.05, 4.69) is 6.58 Å². The maximum absolute atomic E-state index is 11.5. The summed E-state index contributed by atoms with van der Waals surface area (Å²) in [5, 5.41) is 18.8. The molecule has 0 spiro atoms. The van der Waals surface area contributed by atoms with Gasteiger partial charge in [0.05, 0.1) is 13.5 Å². The van der Waals surface area contributed by atoms with Crippen molar-refractivity contribution in [3.63, 3.8) is 0 Å². The Bertz CT molecular complexity index is 599. The lowest BCUT2D eigenvalue weighted by molar-refractivity contribution is -0.136. The van der Waals surface area contributed by atoms with Crippen LogP contribution in [-0.2, 0) is 16.0 Å². The number of aliphatic carboxylic acids is 1.